The van der Waals surface area contributed by atoms with Crippen molar-refractivity contribution in [1.29, 1.82) is 0 Å². The van der Waals surface area contributed by atoms with Gasteiger partial charge in [-0.05, 0) is 43.2 Å². The van der Waals surface area contributed by atoms with E-state index in [0.717, 1.165) is 29.2 Å². The maximum atomic E-state index is 10.4. The number of aliphatic hydroxyl groups is 1. The molecule has 6 nitrogen and oxygen atoms in total. The van der Waals surface area contributed by atoms with Crippen molar-refractivity contribution in [2.75, 3.05) is 26.8 Å². The topological polar surface area (TPSA) is 59.8 Å². The van der Waals surface area contributed by atoms with Gasteiger partial charge in [0.1, 0.15) is 5.75 Å². The van der Waals surface area contributed by atoms with E-state index in [1.165, 1.54) is 0 Å². The summed E-state index contributed by atoms with van der Waals surface area (Å²) in [5.74, 6) is 1.81. The monoisotopic (exact) mass is 457 g/mol. The third kappa shape index (κ3) is 6.56. The molecule has 7 heteroatoms. The van der Waals surface area contributed by atoms with E-state index >= 15 is 0 Å². The lowest BCUT2D eigenvalue weighted by Gasteiger charge is -2.26. The minimum absolute atomic E-state index is 0.294. The number of para-hydroxylation sites is 1. The molecule has 1 aromatic heterocycles. The van der Waals surface area contributed by atoms with Crippen molar-refractivity contribution in [3.05, 3.63) is 70.9 Å². The summed E-state index contributed by atoms with van der Waals surface area (Å²) in [5, 5.41) is 15.8. The van der Waals surface area contributed by atoms with Gasteiger partial charge in [-0.3, -0.25) is 4.90 Å². The van der Waals surface area contributed by atoms with Gasteiger partial charge in [-0.25, -0.2) is 4.68 Å². The Labute approximate surface area is 195 Å². The van der Waals surface area contributed by atoms with Gasteiger partial charge in [0.15, 0.2) is 0 Å². The molecule has 0 amide bonds. The fraction of sp³-hybridized carbons (Fsp3) is 0.400. The average molecular weight is 458 g/mol. The Morgan fingerprint density at radius 2 is 1.84 bits per heavy atom. The molecule has 0 fully saturated rings. The van der Waals surface area contributed by atoms with Gasteiger partial charge in [-0.15, -0.1) is 0 Å². The van der Waals surface area contributed by atoms with Crippen LogP contribution in [0.5, 0.6) is 11.6 Å². The Bertz CT molecular complexity index is 991. The third-order valence-corrected chi connectivity index (χ3v) is 5.22. The summed E-state index contributed by atoms with van der Waals surface area (Å²) in [6, 6.07) is 17.2. The van der Waals surface area contributed by atoms with E-state index in [4.69, 9.17) is 26.2 Å². The average Bonchev–Trinajstić information content (AvgIpc) is 3.04. The molecular formula is C25H32ClN3O3. The number of rotatable bonds is 11. The molecular weight excluding hydrogens is 426 g/mol. The molecule has 0 bridgehead atoms. The van der Waals surface area contributed by atoms with E-state index < -0.39 is 6.10 Å². The number of nitrogens with zero attached hydrogens (tertiary/aromatic N) is 3. The molecule has 1 atom stereocenters. The maximum absolute atomic E-state index is 10.4. The Morgan fingerprint density at radius 3 is 2.50 bits per heavy atom. The van der Waals surface area contributed by atoms with Gasteiger partial charge in [0, 0.05) is 31.8 Å². The highest BCUT2D eigenvalue weighted by atomic mass is 35.5. The molecule has 0 aliphatic rings. The fourth-order valence-corrected chi connectivity index (χ4v) is 3.88. The second kappa shape index (κ2) is 11.5. The molecule has 0 spiro atoms. The second-order valence-electron chi connectivity index (χ2n) is 8.37. The van der Waals surface area contributed by atoms with Crippen LogP contribution >= 0.6 is 11.6 Å². The molecule has 172 valence electrons. The van der Waals surface area contributed by atoms with Crippen LogP contribution < -0.4 is 4.74 Å². The number of aliphatic hydroxyl groups excluding tert-OH is 1. The van der Waals surface area contributed by atoms with Crippen molar-refractivity contribution in [3.8, 4) is 17.3 Å². The zero-order valence-corrected chi connectivity index (χ0v) is 19.9. The van der Waals surface area contributed by atoms with E-state index in [9.17, 15) is 5.11 Å². The van der Waals surface area contributed by atoms with Crippen LogP contribution in [0.3, 0.4) is 0 Å². The van der Waals surface area contributed by atoms with E-state index in [1.54, 1.807) is 11.8 Å². The predicted octanol–water partition coefficient (Wildman–Crippen LogP) is 5.09. The second-order valence-corrected chi connectivity index (χ2v) is 8.81. The maximum Gasteiger partial charge on any atom is 0.227 e. The van der Waals surface area contributed by atoms with Gasteiger partial charge in [0.2, 0.25) is 5.88 Å². The lowest BCUT2D eigenvalue weighted by Crippen LogP contribution is -2.36. The molecule has 0 aliphatic carbocycles. The highest BCUT2D eigenvalue weighted by molar-refractivity contribution is 6.30. The number of benzene rings is 2. The van der Waals surface area contributed by atoms with Crippen LogP contribution in [0.2, 0.25) is 5.02 Å². The molecule has 0 aliphatic heterocycles. The van der Waals surface area contributed by atoms with Gasteiger partial charge in [-0.2, -0.15) is 5.10 Å². The summed E-state index contributed by atoms with van der Waals surface area (Å²) in [5.41, 5.74) is 2.66. The van der Waals surface area contributed by atoms with Gasteiger partial charge in [0.25, 0.3) is 0 Å². The number of hydrogen-bond acceptors (Lipinski definition) is 5. The number of aryl methyl sites for hydroxylation is 1. The molecule has 3 aromatic rings. The zero-order chi connectivity index (χ0) is 23.1. The van der Waals surface area contributed by atoms with Crippen LogP contribution in [0.15, 0.2) is 54.6 Å². The van der Waals surface area contributed by atoms with Crippen LogP contribution in [0.4, 0.5) is 0 Å². The van der Waals surface area contributed by atoms with E-state index in [-0.39, 0.29) is 0 Å². The molecule has 0 radical (unpaired) electrons. The van der Waals surface area contributed by atoms with Crippen molar-refractivity contribution >= 4 is 11.6 Å². The summed E-state index contributed by atoms with van der Waals surface area (Å²) < 4.78 is 13.3. The summed E-state index contributed by atoms with van der Waals surface area (Å²) in [6.45, 7) is 8.52. The van der Waals surface area contributed by atoms with Gasteiger partial charge < -0.3 is 14.6 Å². The van der Waals surface area contributed by atoms with Crippen LogP contribution in [0, 0.1) is 12.8 Å². The molecule has 1 heterocycles. The Kier molecular flexibility index (Phi) is 8.70. The Morgan fingerprint density at radius 1 is 1.09 bits per heavy atom. The molecule has 1 N–H and O–H groups in total. The van der Waals surface area contributed by atoms with Crippen molar-refractivity contribution < 1.29 is 14.6 Å². The van der Waals surface area contributed by atoms with Crippen LogP contribution in [0.25, 0.3) is 5.69 Å². The third-order valence-electron chi connectivity index (χ3n) is 4.98. The standard InChI is InChI=1S/C25H32ClN3O3/c1-18(2)14-28(15-22(30)17-31-4)16-24-19(3)27-29(21-10-8-9-20(26)13-21)25(24)32-23-11-6-5-7-12-23/h5-13,18,22,30H,14-17H2,1-4H3/t22-/m1/s1. The molecule has 0 unspecified atom stereocenters. The quantitative estimate of drug-likeness (QED) is 0.434. The SMILES string of the molecule is COC[C@H](O)CN(Cc1c(C)nn(-c2cccc(Cl)c2)c1Oc1ccccc1)CC(C)C. The summed E-state index contributed by atoms with van der Waals surface area (Å²) in [4.78, 5) is 2.22. The highest BCUT2D eigenvalue weighted by Gasteiger charge is 2.23. The zero-order valence-electron chi connectivity index (χ0n) is 19.2. The molecule has 0 saturated carbocycles. The van der Waals surface area contributed by atoms with Crippen molar-refractivity contribution in [1.82, 2.24) is 14.7 Å². The normalized spacial score (nSPS) is 12.5. The van der Waals surface area contributed by atoms with E-state index in [1.807, 2.05) is 61.5 Å². The molecule has 32 heavy (non-hydrogen) atoms. The number of aromatic nitrogens is 2. The Balaban J connectivity index is 2.01. The first kappa shape index (κ1) is 24.3. The van der Waals surface area contributed by atoms with Crippen LogP contribution in [-0.4, -0.2) is 52.7 Å². The minimum Gasteiger partial charge on any atom is -0.439 e. The first-order valence-electron chi connectivity index (χ1n) is 10.8. The molecule has 3 rings (SSSR count). The first-order valence-corrected chi connectivity index (χ1v) is 11.2. The summed E-state index contributed by atoms with van der Waals surface area (Å²) in [6.07, 6.45) is -0.569. The minimum atomic E-state index is -0.569. The summed E-state index contributed by atoms with van der Waals surface area (Å²) >= 11 is 6.25. The molecule has 0 saturated heterocycles. The van der Waals surface area contributed by atoms with E-state index in [2.05, 4.69) is 18.7 Å². The lowest BCUT2D eigenvalue weighted by molar-refractivity contribution is 0.0329. The number of ether oxygens (including phenoxy) is 2. The van der Waals surface area contributed by atoms with Crippen LogP contribution in [-0.2, 0) is 11.3 Å². The Hall–Kier alpha value is -2.38. The molecule has 2 aromatic carbocycles. The predicted molar refractivity (Wildman–Crippen MR) is 128 cm³/mol. The number of halogens is 1. The van der Waals surface area contributed by atoms with Crippen molar-refractivity contribution in [3.63, 3.8) is 0 Å². The van der Waals surface area contributed by atoms with Crippen molar-refractivity contribution in [2.45, 2.75) is 33.4 Å². The number of hydrogen-bond donors (Lipinski definition) is 1. The summed E-state index contributed by atoms with van der Waals surface area (Å²) in [7, 11) is 1.60. The fourth-order valence-electron chi connectivity index (χ4n) is 3.70. The first-order chi connectivity index (χ1) is 15.4. The van der Waals surface area contributed by atoms with Gasteiger partial charge in [-0.1, -0.05) is 49.7 Å². The van der Waals surface area contributed by atoms with E-state index in [0.29, 0.717) is 36.5 Å². The smallest absolute Gasteiger partial charge is 0.227 e. The van der Waals surface area contributed by atoms with Crippen molar-refractivity contribution in [2.24, 2.45) is 5.92 Å². The highest BCUT2D eigenvalue weighted by Crippen LogP contribution is 2.32. The van der Waals surface area contributed by atoms with Gasteiger partial charge >= 0.3 is 0 Å². The van der Waals surface area contributed by atoms with Gasteiger partial charge in [0.05, 0.1) is 29.7 Å². The largest absolute Gasteiger partial charge is 0.439 e. The number of methoxy groups -OCH3 is 1. The lowest BCUT2D eigenvalue weighted by atomic mass is 10.1. The van der Waals surface area contributed by atoms with Crippen LogP contribution in [0.1, 0.15) is 25.1 Å².